The molecule has 5 rings (SSSR count). The summed E-state index contributed by atoms with van der Waals surface area (Å²) in [7, 11) is -3.85. The van der Waals surface area contributed by atoms with E-state index in [1.165, 1.54) is 28.6 Å². The Labute approximate surface area is 226 Å². The fraction of sp³-hybridized carbons (Fsp3) is 0.172. The molecule has 7 nitrogen and oxygen atoms in total. The molecule has 1 saturated heterocycles. The Kier molecular flexibility index (Phi) is 7.74. The number of nitrogens with one attached hydrogen (secondary N) is 1. The lowest BCUT2D eigenvalue weighted by Crippen LogP contribution is -2.44. The molecule has 1 atom stereocenters. The minimum absolute atomic E-state index is 0.0982. The molecule has 0 unspecified atom stereocenters. The fourth-order valence-corrected chi connectivity index (χ4v) is 6.32. The van der Waals surface area contributed by atoms with Gasteiger partial charge in [-0.25, -0.2) is 13.8 Å². The minimum atomic E-state index is -3.85. The Balaban J connectivity index is 1.35. The molecule has 9 heteroatoms. The zero-order valence-electron chi connectivity index (χ0n) is 20.5. The van der Waals surface area contributed by atoms with Gasteiger partial charge in [-0.3, -0.25) is 4.79 Å². The summed E-state index contributed by atoms with van der Waals surface area (Å²) in [6, 6.07) is 26.6. The molecule has 0 aromatic heterocycles. The van der Waals surface area contributed by atoms with Crippen molar-refractivity contribution in [3.63, 3.8) is 0 Å². The van der Waals surface area contributed by atoms with Crippen molar-refractivity contribution in [2.24, 2.45) is 5.10 Å². The van der Waals surface area contributed by atoms with E-state index < -0.39 is 22.0 Å². The molecule has 1 aliphatic heterocycles. The zero-order chi connectivity index (χ0) is 26.5. The van der Waals surface area contributed by atoms with Crippen LogP contribution in [0.4, 0.5) is 0 Å². The largest absolute Gasteiger partial charge is 0.488 e. The molecule has 1 heterocycles. The Morgan fingerprint density at radius 2 is 1.74 bits per heavy atom. The normalized spacial score (nSPS) is 16.2. The highest BCUT2D eigenvalue weighted by Crippen LogP contribution is 2.29. The highest BCUT2D eigenvalue weighted by atomic mass is 35.5. The van der Waals surface area contributed by atoms with Crippen LogP contribution in [0.15, 0.2) is 101 Å². The van der Waals surface area contributed by atoms with Crippen molar-refractivity contribution in [3.05, 3.63) is 107 Å². The maximum Gasteiger partial charge on any atom is 0.258 e. The van der Waals surface area contributed by atoms with E-state index in [2.05, 4.69) is 10.5 Å². The van der Waals surface area contributed by atoms with Crippen molar-refractivity contribution < 1.29 is 17.9 Å². The zero-order valence-corrected chi connectivity index (χ0v) is 22.0. The second-order valence-electron chi connectivity index (χ2n) is 8.93. The van der Waals surface area contributed by atoms with Crippen LogP contribution in [0, 0.1) is 0 Å². The third-order valence-electron chi connectivity index (χ3n) is 6.46. The lowest BCUT2D eigenvalue weighted by molar-refractivity contribution is -0.124. The smallest absolute Gasteiger partial charge is 0.258 e. The highest BCUT2D eigenvalue weighted by Gasteiger charge is 2.39. The van der Waals surface area contributed by atoms with E-state index in [1.54, 1.807) is 6.21 Å². The van der Waals surface area contributed by atoms with Gasteiger partial charge in [-0.05, 0) is 59.5 Å². The van der Waals surface area contributed by atoms with Gasteiger partial charge in [-0.15, -0.1) is 0 Å². The van der Waals surface area contributed by atoms with Gasteiger partial charge >= 0.3 is 0 Å². The van der Waals surface area contributed by atoms with Crippen LogP contribution in [-0.4, -0.2) is 37.4 Å². The molecule has 4 aromatic carbocycles. The van der Waals surface area contributed by atoms with Crippen LogP contribution in [0.1, 0.15) is 24.0 Å². The first-order valence-electron chi connectivity index (χ1n) is 12.2. The number of halogens is 1. The molecule has 1 amide bonds. The standard InChI is InChI=1S/C29H26ClN3O4S/c30-23-13-15-24(16-14-23)38(35,36)33-18-6-11-27(33)29(34)32-31-19-26-25-10-5-4-9-22(25)12-17-28(26)37-20-21-7-2-1-3-8-21/h1-5,7-10,12-17,19,27H,6,11,18,20H2,(H,32,34)/b31-19-/t27-/m1/s1. The molecule has 0 aliphatic carbocycles. The predicted octanol–water partition coefficient (Wildman–Crippen LogP) is 5.38. The van der Waals surface area contributed by atoms with Gasteiger partial charge in [0.05, 0.1) is 11.1 Å². The van der Waals surface area contributed by atoms with Crippen LogP contribution in [0.3, 0.4) is 0 Å². The number of nitrogens with zero attached hydrogens (tertiary/aromatic N) is 2. The molecule has 38 heavy (non-hydrogen) atoms. The molecule has 1 N–H and O–H groups in total. The van der Waals surface area contributed by atoms with Crippen molar-refractivity contribution in [3.8, 4) is 5.75 Å². The number of carbonyl (C=O) groups is 1. The van der Waals surface area contributed by atoms with E-state index >= 15 is 0 Å². The van der Waals surface area contributed by atoms with Crippen LogP contribution < -0.4 is 10.2 Å². The van der Waals surface area contributed by atoms with Crippen molar-refractivity contribution in [2.75, 3.05) is 6.54 Å². The second-order valence-corrected chi connectivity index (χ2v) is 11.3. The Hall–Kier alpha value is -3.72. The average molecular weight is 548 g/mol. The van der Waals surface area contributed by atoms with Gasteiger partial charge < -0.3 is 4.74 Å². The molecule has 194 valence electrons. The summed E-state index contributed by atoms with van der Waals surface area (Å²) in [4.78, 5) is 13.2. The van der Waals surface area contributed by atoms with Gasteiger partial charge in [0.1, 0.15) is 18.4 Å². The maximum absolute atomic E-state index is 13.2. The first kappa shape index (κ1) is 25.9. The summed E-state index contributed by atoms with van der Waals surface area (Å²) in [5, 5.41) is 6.57. The first-order valence-corrected chi connectivity index (χ1v) is 14.0. The number of carbonyl (C=O) groups excluding carboxylic acids is 1. The van der Waals surface area contributed by atoms with Gasteiger partial charge in [0, 0.05) is 17.1 Å². The number of hydrogen-bond acceptors (Lipinski definition) is 5. The second kappa shape index (κ2) is 11.3. The predicted molar refractivity (Wildman–Crippen MR) is 149 cm³/mol. The molecule has 1 aliphatic rings. The van der Waals surface area contributed by atoms with Crippen LogP contribution >= 0.6 is 11.6 Å². The lowest BCUT2D eigenvalue weighted by Gasteiger charge is -2.22. The monoisotopic (exact) mass is 547 g/mol. The third-order valence-corrected chi connectivity index (χ3v) is 8.64. The van der Waals surface area contributed by atoms with Gasteiger partial charge in [-0.2, -0.15) is 9.41 Å². The van der Waals surface area contributed by atoms with Gasteiger partial charge in [0.2, 0.25) is 10.0 Å². The summed E-state index contributed by atoms with van der Waals surface area (Å²) >= 11 is 5.91. The van der Waals surface area contributed by atoms with Crippen LogP contribution in [-0.2, 0) is 21.4 Å². The molecule has 1 fully saturated rings. The number of benzene rings is 4. The number of rotatable bonds is 8. The highest BCUT2D eigenvalue weighted by molar-refractivity contribution is 7.89. The van der Waals surface area contributed by atoms with E-state index in [-0.39, 0.29) is 11.4 Å². The molecular weight excluding hydrogens is 522 g/mol. The van der Waals surface area contributed by atoms with Crippen molar-refractivity contribution in [2.45, 2.75) is 30.4 Å². The lowest BCUT2D eigenvalue weighted by atomic mass is 10.0. The van der Waals surface area contributed by atoms with Gasteiger partial charge in [0.15, 0.2) is 0 Å². The maximum atomic E-state index is 13.2. The number of amides is 1. The Bertz CT molecular complexity index is 1580. The Morgan fingerprint density at radius 3 is 2.53 bits per heavy atom. The number of hydrogen-bond donors (Lipinski definition) is 1. The number of hydrazone groups is 1. The van der Waals surface area contributed by atoms with Crippen molar-refractivity contribution in [1.82, 2.24) is 9.73 Å². The summed E-state index contributed by atoms with van der Waals surface area (Å²) < 4.78 is 33.7. The molecule has 0 spiro atoms. The van der Waals surface area contributed by atoms with Gasteiger partial charge in [0.25, 0.3) is 5.91 Å². The quantitative estimate of drug-likeness (QED) is 0.237. The fourth-order valence-electron chi connectivity index (χ4n) is 4.54. The summed E-state index contributed by atoms with van der Waals surface area (Å²) in [5.74, 6) is 0.140. The Morgan fingerprint density at radius 1 is 1.00 bits per heavy atom. The topological polar surface area (TPSA) is 88.1 Å². The first-order chi connectivity index (χ1) is 18.4. The summed E-state index contributed by atoms with van der Waals surface area (Å²) in [5.41, 5.74) is 4.30. The minimum Gasteiger partial charge on any atom is -0.488 e. The summed E-state index contributed by atoms with van der Waals surface area (Å²) in [6.45, 7) is 0.638. The average Bonchev–Trinajstić information content (AvgIpc) is 3.44. The van der Waals surface area contributed by atoms with Crippen LogP contribution in [0.25, 0.3) is 10.8 Å². The van der Waals surface area contributed by atoms with Crippen LogP contribution in [0.5, 0.6) is 5.75 Å². The molecule has 0 bridgehead atoms. The molecule has 0 radical (unpaired) electrons. The van der Waals surface area contributed by atoms with Crippen molar-refractivity contribution in [1.29, 1.82) is 0 Å². The van der Waals surface area contributed by atoms with E-state index in [0.717, 1.165) is 21.9 Å². The van der Waals surface area contributed by atoms with E-state index in [9.17, 15) is 13.2 Å². The van der Waals surface area contributed by atoms with Crippen molar-refractivity contribution >= 4 is 44.5 Å². The number of ether oxygens (including phenoxy) is 1. The SMILES string of the molecule is O=C(N/N=C\c1c(OCc2ccccc2)ccc2ccccc12)[C@H]1CCCN1S(=O)(=O)c1ccc(Cl)cc1. The number of fused-ring (bicyclic) bond motifs is 1. The molecule has 0 saturated carbocycles. The van der Waals surface area contributed by atoms with E-state index in [0.29, 0.717) is 30.2 Å². The van der Waals surface area contributed by atoms with E-state index in [1.807, 2.05) is 66.7 Å². The molecular formula is C29H26ClN3O4S. The molecule has 4 aromatic rings. The van der Waals surface area contributed by atoms with Gasteiger partial charge in [-0.1, -0.05) is 72.3 Å². The summed E-state index contributed by atoms with van der Waals surface area (Å²) in [6.07, 6.45) is 2.54. The van der Waals surface area contributed by atoms with Crippen LogP contribution in [0.2, 0.25) is 5.02 Å². The number of sulfonamides is 1. The van der Waals surface area contributed by atoms with E-state index in [4.69, 9.17) is 16.3 Å². The third kappa shape index (κ3) is 5.57.